The van der Waals surface area contributed by atoms with E-state index in [2.05, 4.69) is 38.2 Å². The highest BCUT2D eigenvalue weighted by molar-refractivity contribution is 5.23. The van der Waals surface area contributed by atoms with Crippen LogP contribution in [0.3, 0.4) is 0 Å². The summed E-state index contributed by atoms with van der Waals surface area (Å²) in [5, 5.41) is 0. The van der Waals surface area contributed by atoms with Gasteiger partial charge in [0.2, 0.25) is 0 Å². The summed E-state index contributed by atoms with van der Waals surface area (Å²) < 4.78 is 0. The normalized spacial score (nSPS) is 18.9. The van der Waals surface area contributed by atoms with Crippen molar-refractivity contribution in [1.29, 1.82) is 0 Å². The molecule has 0 N–H and O–H groups in total. The Kier molecular flexibility index (Phi) is 1.52. The van der Waals surface area contributed by atoms with Crippen molar-refractivity contribution < 1.29 is 0 Å². The highest BCUT2D eigenvalue weighted by atomic mass is 14.1. The number of hydrogen-bond donors (Lipinski definition) is 0. The maximum atomic E-state index is 2.20. The maximum absolute atomic E-state index is 2.20. The van der Waals surface area contributed by atoms with Crippen molar-refractivity contribution in [2.24, 2.45) is 5.92 Å². The van der Waals surface area contributed by atoms with Crippen LogP contribution in [-0.4, -0.2) is 0 Å². The second kappa shape index (κ2) is 2.17. The van der Waals surface area contributed by atoms with Gasteiger partial charge >= 0.3 is 0 Å². The molecule has 8 heavy (non-hydrogen) atoms. The molecule has 1 rings (SSSR count). The SMILES string of the molecule is C[C](C)C1C=CC=C1. The van der Waals surface area contributed by atoms with Crippen LogP contribution in [0.1, 0.15) is 13.8 Å². The van der Waals surface area contributed by atoms with Crippen LogP contribution in [0.5, 0.6) is 0 Å². The predicted molar refractivity (Wildman–Crippen MR) is 36.4 cm³/mol. The van der Waals surface area contributed by atoms with Gasteiger partial charge in [0.15, 0.2) is 0 Å². The number of allylic oxidation sites excluding steroid dienone is 4. The van der Waals surface area contributed by atoms with Crippen LogP contribution in [0.25, 0.3) is 0 Å². The first kappa shape index (κ1) is 5.61. The molecule has 0 bridgehead atoms. The van der Waals surface area contributed by atoms with E-state index < -0.39 is 0 Å². The smallest absolute Gasteiger partial charge is 0.000942 e. The third-order valence-corrected chi connectivity index (χ3v) is 1.41. The highest BCUT2D eigenvalue weighted by Gasteiger charge is 2.06. The molecule has 0 spiro atoms. The summed E-state index contributed by atoms with van der Waals surface area (Å²) in [7, 11) is 0. The van der Waals surface area contributed by atoms with Crippen molar-refractivity contribution in [1.82, 2.24) is 0 Å². The van der Waals surface area contributed by atoms with Gasteiger partial charge in [-0.3, -0.25) is 0 Å². The van der Waals surface area contributed by atoms with Gasteiger partial charge in [0, 0.05) is 5.92 Å². The molecule has 0 aromatic carbocycles. The number of hydrogen-bond acceptors (Lipinski definition) is 0. The van der Waals surface area contributed by atoms with Gasteiger partial charge in [-0.2, -0.15) is 0 Å². The first-order chi connectivity index (χ1) is 3.80. The van der Waals surface area contributed by atoms with Crippen molar-refractivity contribution in [2.75, 3.05) is 0 Å². The van der Waals surface area contributed by atoms with Crippen LogP contribution in [-0.2, 0) is 0 Å². The Hall–Kier alpha value is -0.520. The summed E-state index contributed by atoms with van der Waals surface area (Å²) in [5.41, 5.74) is 0. The molecule has 0 aromatic heterocycles. The lowest BCUT2D eigenvalue weighted by Crippen LogP contribution is -1.95. The second-order valence-electron chi connectivity index (χ2n) is 2.37. The van der Waals surface area contributed by atoms with Crippen LogP contribution >= 0.6 is 0 Å². The van der Waals surface area contributed by atoms with E-state index in [1.165, 1.54) is 5.92 Å². The van der Waals surface area contributed by atoms with Crippen molar-refractivity contribution in [3.05, 3.63) is 30.2 Å². The Balaban J connectivity index is 2.49. The van der Waals surface area contributed by atoms with Gasteiger partial charge < -0.3 is 0 Å². The van der Waals surface area contributed by atoms with Crippen LogP contribution in [0.2, 0.25) is 0 Å². The van der Waals surface area contributed by atoms with Gasteiger partial charge in [-0.1, -0.05) is 38.2 Å². The molecule has 0 heterocycles. The highest BCUT2D eigenvalue weighted by Crippen LogP contribution is 2.19. The Morgan fingerprint density at radius 2 is 1.62 bits per heavy atom. The Bertz CT molecular complexity index is 106. The van der Waals surface area contributed by atoms with E-state index >= 15 is 0 Å². The van der Waals surface area contributed by atoms with Gasteiger partial charge in [-0.15, -0.1) is 0 Å². The Morgan fingerprint density at radius 1 is 1.12 bits per heavy atom. The Labute approximate surface area is 50.9 Å². The lowest BCUT2D eigenvalue weighted by Gasteiger charge is -2.06. The van der Waals surface area contributed by atoms with E-state index in [1.54, 1.807) is 0 Å². The summed E-state index contributed by atoms with van der Waals surface area (Å²) in [4.78, 5) is 0. The third kappa shape index (κ3) is 1.00. The third-order valence-electron chi connectivity index (χ3n) is 1.41. The molecule has 0 unspecified atom stereocenters. The molecule has 43 valence electrons. The molecule has 0 saturated heterocycles. The summed E-state index contributed by atoms with van der Waals surface area (Å²) in [6, 6.07) is 0. The van der Waals surface area contributed by atoms with E-state index in [4.69, 9.17) is 0 Å². The molecular weight excluding hydrogens is 96.1 g/mol. The summed E-state index contributed by atoms with van der Waals surface area (Å²) in [6.07, 6.45) is 8.60. The van der Waals surface area contributed by atoms with Crippen LogP contribution in [0.4, 0.5) is 0 Å². The van der Waals surface area contributed by atoms with Crippen molar-refractivity contribution in [3.8, 4) is 0 Å². The fourth-order valence-electron chi connectivity index (χ4n) is 0.817. The zero-order valence-corrected chi connectivity index (χ0v) is 5.39. The molecule has 1 radical (unpaired) electrons. The maximum Gasteiger partial charge on any atom is 0.000942 e. The summed E-state index contributed by atoms with van der Waals surface area (Å²) >= 11 is 0. The van der Waals surface area contributed by atoms with Gasteiger partial charge in [-0.05, 0) is 5.92 Å². The molecule has 0 amide bonds. The fourth-order valence-corrected chi connectivity index (χ4v) is 0.817. The van der Waals surface area contributed by atoms with Gasteiger partial charge in [0.25, 0.3) is 0 Å². The molecule has 0 nitrogen and oxygen atoms in total. The van der Waals surface area contributed by atoms with Crippen molar-refractivity contribution >= 4 is 0 Å². The van der Waals surface area contributed by atoms with E-state index in [0.717, 1.165) is 0 Å². The van der Waals surface area contributed by atoms with Crippen LogP contribution in [0.15, 0.2) is 24.3 Å². The molecule has 0 heteroatoms. The first-order valence-electron chi connectivity index (χ1n) is 2.96. The average molecular weight is 107 g/mol. The first-order valence-corrected chi connectivity index (χ1v) is 2.96. The van der Waals surface area contributed by atoms with Crippen molar-refractivity contribution in [3.63, 3.8) is 0 Å². The minimum absolute atomic E-state index is 0.620. The predicted octanol–water partition coefficient (Wildman–Crippen LogP) is 2.34. The standard InChI is InChI=1S/C8H11/c1-7(2)8-5-3-4-6-8/h3-6,8H,1-2H3. The zero-order valence-electron chi connectivity index (χ0n) is 5.39. The largest absolute Gasteiger partial charge is 0.0771 e. The molecule has 0 atom stereocenters. The quantitative estimate of drug-likeness (QED) is 0.482. The summed E-state index contributed by atoms with van der Waals surface area (Å²) in [5.74, 6) is 2.09. The van der Waals surface area contributed by atoms with Crippen LogP contribution in [0, 0.1) is 11.8 Å². The minimum atomic E-state index is 0.620. The molecule has 0 aliphatic heterocycles. The van der Waals surface area contributed by atoms with E-state index in [1.807, 2.05) is 0 Å². The summed E-state index contributed by atoms with van der Waals surface area (Å²) in [6.45, 7) is 4.31. The van der Waals surface area contributed by atoms with Crippen LogP contribution < -0.4 is 0 Å². The number of rotatable bonds is 1. The second-order valence-corrected chi connectivity index (χ2v) is 2.37. The molecule has 0 aromatic rings. The van der Waals surface area contributed by atoms with Gasteiger partial charge in [0.05, 0.1) is 0 Å². The molecule has 0 saturated carbocycles. The van der Waals surface area contributed by atoms with Gasteiger partial charge in [-0.25, -0.2) is 0 Å². The lowest BCUT2D eigenvalue weighted by molar-refractivity contribution is 0.830. The van der Waals surface area contributed by atoms with E-state index in [-0.39, 0.29) is 0 Å². The zero-order chi connectivity index (χ0) is 5.98. The molecular formula is C8H11. The minimum Gasteiger partial charge on any atom is -0.0771 e. The molecule has 1 aliphatic rings. The monoisotopic (exact) mass is 107 g/mol. The Morgan fingerprint density at radius 3 is 1.88 bits per heavy atom. The average Bonchev–Trinajstić information content (AvgIpc) is 2.12. The topological polar surface area (TPSA) is 0 Å². The van der Waals surface area contributed by atoms with Crippen molar-refractivity contribution in [2.45, 2.75) is 13.8 Å². The van der Waals surface area contributed by atoms with E-state index in [0.29, 0.717) is 5.92 Å². The molecule has 0 fully saturated rings. The van der Waals surface area contributed by atoms with Gasteiger partial charge in [0.1, 0.15) is 0 Å². The van der Waals surface area contributed by atoms with E-state index in [9.17, 15) is 0 Å². The lowest BCUT2D eigenvalue weighted by atomic mass is 9.98. The molecule has 1 aliphatic carbocycles. The fraction of sp³-hybridized carbons (Fsp3) is 0.375.